The lowest BCUT2D eigenvalue weighted by atomic mass is 10.0. The molecule has 1 unspecified atom stereocenters. The van der Waals surface area contributed by atoms with Crippen molar-refractivity contribution in [1.82, 2.24) is 14.9 Å². The number of nitrogens with zero attached hydrogens (tertiary/aromatic N) is 2. The predicted molar refractivity (Wildman–Crippen MR) is 74.6 cm³/mol. The Balaban J connectivity index is 2.19. The van der Waals surface area contributed by atoms with Crippen molar-refractivity contribution >= 4 is 0 Å². The fraction of sp³-hybridized carbons (Fsp3) is 0.400. The van der Waals surface area contributed by atoms with Crippen LogP contribution in [0.2, 0.25) is 0 Å². The van der Waals surface area contributed by atoms with Gasteiger partial charge in [-0.25, -0.2) is 4.98 Å². The lowest BCUT2D eigenvalue weighted by Gasteiger charge is -2.12. The van der Waals surface area contributed by atoms with Crippen LogP contribution in [0, 0.1) is 0 Å². The Labute approximate surface area is 109 Å². The minimum atomic E-state index is 0.385. The molecule has 0 spiro atoms. The topological polar surface area (TPSA) is 29.9 Å². The van der Waals surface area contributed by atoms with E-state index in [1.54, 1.807) is 0 Å². The summed E-state index contributed by atoms with van der Waals surface area (Å²) >= 11 is 0. The number of hydrogen-bond acceptors (Lipinski definition) is 2. The van der Waals surface area contributed by atoms with Gasteiger partial charge in [-0.05, 0) is 32.0 Å². The molecule has 1 heterocycles. The molecule has 2 rings (SSSR count). The molecule has 3 nitrogen and oxygen atoms in total. The van der Waals surface area contributed by atoms with Gasteiger partial charge >= 0.3 is 0 Å². The largest absolute Gasteiger partial charge is 0.335 e. The summed E-state index contributed by atoms with van der Waals surface area (Å²) in [6, 6.07) is 9.10. The van der Waals surface area contributed by atoms with E-state index in [2.05, 4.69) is 53.0 Å². The van der Waals surface area contributed by atoms with Crippen LogP contribution < -0.4 is 5.32 Å². The van der Waals surface area contributed by atoms with Crippen LogP contribution in [0.5, 0.6) is 0 Å². The van der Waals surface area contributed by atoms with Crippen molar-refractivity contribution < 1.29 is 0 Å². The monoisotopic (exact) mass is 243 g/mol. The average Bonchev–Trinajstić information content (AvgIpc) is 2.85. The smallest absolute Gasteiger partial charge is 0.113 e. The predicted octanol–water partition coefficient (Wildman–Crippen LogP) is 2.77. The Bertz CT molecular complexity index is 502. The number of imidazole rings is 1. The van der Waals surface area contributed by atoms with Gasteiger partial charge in [-0.2, -0.15) is 0 Å². The molecule has 0 radical (unpaired) electrons. The SMILES string of the molecule is CCn1ccnc1Cc1cccc(C(C)NC)c1. The Morgan fingerprint density at radius 1 is 1.39 bits per heavy atom. The summed E-state index contributed by atoms with van der Waals surface area (Å²) in [6.07, 6.45) is 4.80. The van der Waals surface area contributed by atoms with Crippen molar-refractivity contribution in [3.8, 4) is 0 Å². The normalized spacial score (nSPS) is 12.6. The first-order valence-electron chi connectivity index (χ1n) is 6.50. The minimum Gasteiger partial charge on any atom is -0.335 e. The van der Waals surface area contributed by atoms with Gasteiger partial charge in [-0.15, -0.1) is 0 Å². The zero-order valence-corrected chi connectivity index (χ0v) is 11.4. The molecular formula is C15H21N3. The molecule has 96 valence electrons. The van der Waals surface area contributed by atoms with Crippen LogP contribution in [0.25, 0.3) is 0 Å². The van der Waals surface area contributed by atoms with Gasteiger partial charge < -0.3 is 9.88 Å². The Morgan fingerprint density at radius 2 is 2.22 bits per heavy atom. The Hall–Kier alpha value is -1.61. The zero-order chi connectivity index (χ0) is 13.0. The number of nitrogens with one attached hydrogen (secondary N) is 1. The summed E-state index contributed by atoms with van der Waals surface area (Å²) in [7, 11) is 1.99. The fourth-order valence-electron chi connectivity index (χ4n) is 2.12. The average molecular weight is 243 g/mol. The minimum absolute atomic E-state index is 0.385. The summed E-state index contributed by atoms with van der Waals surface area (Å²) in [6.45, 7) is 5.29. The molecule has 0 amide bonds. The molecule has 0 bridgehead atoms. The molecule has 1 N–H and O–H groups in total. The van der Waals surface area contributed by atoms with Gasteiger partial charge in [-0.1, -0.05) is 24.3 Å². The molecule has 0 aliphatic rings. The van der Waals surface area contributed by atoms with Gasteiger partial charge in [0.05, 0.1) is 0 Å². The first-order valence-corrected chi connectivity index (χ1v) is 6.50. The quantitative estimate of drug-likeness (QED) is 0.875. The van der Waals surface area contributed by atoms with E-state index >= 15 is 0 Å². The lowest BCUT2D eigenvalue weighted by molar-refractivity contribution is 0.651. The van der Waals surface area contributed by atoms with E-state index in [0.29, 0.717) is 6.04 Å². The molecular weight excluding hydrogens is 222 g/mol. The summed E-state index contributed by atoms with van der Waals surface area (Å²) < 4.78 is 2.19. The number of benzene rings is 1. The van der Waals surface area contributed by atoms with E-state index in [9.17, 15) is 0 Å². The highest BCUT2D eigenvalue weighted by atomic mass is 15.0. The van der Waals surface area contributed by atoms with Crippen LogP contribution in [0.3, 0.4) is 0 Å². The molecule has 3 heteroatoms. The summed E-state index contributed by atoms with van der Waals surface area (Å²) in [5.41, 5.74) is 2.64. The van der Waals surface area contributed by atoms with Crippen LogP contribution in [0.4, 0.5) is 0 Å². The van der Waals surface area contributed by atoms with E-state index in [-0.39, 0.29) is 0 Å². The number of hydrogen-bond donors (Lipinski definition) is 1. The molecule has 0 saturated heterocycles. The van der Waals surface area contributed by atoms with E-state index < -0.39 is 0 Å². The molecule has 1 aromatic heterocycles. The molecule has 0 aliphatic heterocycles. The number of rotatable bonds is 5. The van der Waals surface area contributed by atoms with E-state index in [0.717, 1.165) is 18.8 Å². The fourth-order valence-corrected chi connectivity index (χ4v) is 2.12. The third-order valence-corrected chi connectivity index (χ3v) is 3.39. The molecule has 18 heavy (non-hydrogen) atoms. The molecule has 1 atom stereocenters. The second kappa shape index (κ2) is 5.83. The second-order valence-electron chi connectivity index (χ2n) is 4.56. The summed E-state index contributed by atoms with van der Waals surface area (Å²) in [4.78, 5) is 4.42. The van der Waals surface area contributed by atoms with Gasteiger partial charge in [0.2, 0.25) is 0 Å². The van der Waals surface area contributed by atoms with Crippen molar-refractivity contribution in [2.45, 2.75) is 32.9 Å². The lowest BCUT2D eigenvalue weighted by Crippen LogP contribution is -2.12. The van der Waals surface area contributed by atoms with Crippen LogP contribution in [0.15, 0.2) is 36.7 Å². The molecule has 0 saturated carbocycles. The van der Waals surface area contributed by atoms with Gasteiger partial charge in [-0.3, -0.25) is 0 Å². The van der Waals surface area contributed by atoms with E-state index in [1.165, 1.54) is 11.1 Å². The molecule has 1 aromatic carbocycles. The molecule has 2 aromatic rings. The van der Waals surface area contributed by atoms with Gasteiger partial charge in [0.15, 0.2) is 0 Å². The van der Waals surface area contributed by atoms with Gasteiger partial charge in [0.25, 0.3) is 0 Å². The van der Waals surface area contributed by atoms with Gasteiger partial charge in [0, 0.05) is 31.4 Å². The highest BCUT2D eigenvalue weighted by Gasteiger charge is 2.06. The maximum absolute atomic E-state index is 4.42. The maximum atomic E-state index is 4.42. The van der Waals surface area contributed by atoms with Crippen LogP contribution in [0.1, 0.15) is 36.8 Å². The van der Waals surface area contributed by atoms with Crippen molar-refractivity contribution in [1.29, 1.82) is 0 Å². The van der Waals surface area contributed by atoms with Crippen molar-refractivity contribution in [3.63, 3.8) is 0 Å². The van der Waals surface area contributed by atoms with Crippen LogP contribution in [-0.4, -0.2) is 16.6 Å². The summed E-state index contributed by atoms with van der Waals surface area (Å²) in [5, 5.41) is 3.27. The van der Waals surface area contributed by atoms with Gasteiger partial charge in [0.1, 0.15) is 5.82 Å². The maximum Gasteiger partial charge on any atom is 0.113 e. The second-order valence-corrected chi connectivity index (χ2v) is 4.56. The van der Waals surface area contributed by atoms with Crippen LogP contribution in [-0.2, 0) is 13.0 Å². The highest BCUT2D eigenvalue weighted by Crippen LogP contribution is 2.16. The molecule has 0 aliphatic carbocycles. The first kappa shape index (κ1) is 12.8. The standard InChI is InChI=1S/C15H21N3/c1-4-18-9-8-17-15(18)11-13-6-5-7-14(10-13)12(2)16-3/h5-10,12,16H,4,11H2,1-3H3. The number of aryl methyl sites for hydroxylation is 1. The third-order valence-electron chi connectivity index (χ3n) is 3.39. The van der Waals surface area contributed by atoms with Crippen molar-refractivity contribution in [2.24, 2.45) is 0 Å². The third kappa shape index (κ3) is 2.79. The Morgan fingerprint density at radius 3 is 2.94 bits per heavy atom. The highest BCUT2D eigenvalue weighted by molar-refractivity contribution is 5.28. The Kier molecular flexibility index (Phi) is 4.15. The van der Waals surface area contributed by atoms with E-state index in [1.807, 2.05) is 19.4 Å². The number of aromatic nitrogens is 2. The zero-order valence-electron chi connectivity index (χ0n) is 11.4. The van der Waals surface area contributed by atoms with Crippen molar-refractivity contribution in [3.05, 3.63) is 53.6 Å². The van der Waals surface area contributed by atoms with E-state index in [4.69, 9.17) is 0 Å². The molecule has 0 fully saturated rings. The van der Waals surface area contributed by atoms with Crippen LogP contribution >= 0.6 is 0 Å². The first-order chi connectivity index (χ1) is 8.74. The summed E-state index contributed by atoms with van der Waals surface area (Å²) in [5.74, 6) is 1.13. The van der Waals surface area contributed by atoms with Crippen molar-refractivity contribution in [2.75, 3.05) is 7.05 Å².